The molecular formula is C14H20Cl2N2O2S. The van der Waals surface area contributed by atoms with Crippen LogP contribution in [0.3, 0.4) is 0 Å². The molecule has 0 aliphatic carbocycles. The summed E-state index contributed by atoms with van der Waals surface area (Å²) in [5.41, 5.74) is 1.51. The third-order valence-corrected chi connectivity index (χ3v) is 4.43. The van der Waals surface area contributed by atoms with Crippen LogP contribution in [0.2, 0.25) is 5.02 Å². The first kappa shape index (κ1) is 18.4. The molecule has 0 aromatic heterocycles. The number of carbonyl (C=O) groups is 1. The quantitative estimate of drug-likeness (QED) is 0.877. The van der Waals surface area contributed by atoms with Gasteiger partial charge < -0.3 is 10.6 Å². The lowest BCUT2D eigenvalue weighted by Crippen LogP contribution is -2.37. The first-order valence-corrected chi connectivity index (χ1v) is 8.77. The van der Waals surface area contributed by atoms with Crippen molar-refractivity contribution in [3.8, 4) is 0 Å². The number of halogens is 2. The molecule has 2 rings (SSSR count). The molecule has 1 aromatic carbocycles. The van der Waals surface area contributed by atoms with Crippen LogP contribution in [-0.2, 0) is 21.3 Å². The zero-order valence-corrected chi connectivity index (χ0v) is 14.2. The van der Waals surface area contributed by atoms with E-state index >= 15 is 0 Å². The standard InChI is InChI=1S/C14H19ClN2O2S.ClH/c1-20(19)9-11-7-12(4-5-13(11)15)17-14(18)10-3-2-6-16-8-10;/h4-5,7,10,16H,2-3,6,8-9H2,1H3,(H,17,18);1H. The zero-order valence-electron chi connectivity index (χ0n) is 11.9. The highest BCUT2D eigenvalue weighted by molar-refractivity contribution is 7.83. The molecule has 7 heteroatoms. The second-order valence-corrected chi connectivity index (χ2v) is 6.90. The maximum Gasteiger partial charge on any atom is 0.228 e. The van der Waals surface area contributed by atoms with Gasteiger partial charge in [-0.3, -0.25) is 9.00 Å². The summed E-state index contributed by atoms with van der Waals surface area (Å²) < 4.78 is 11.3. The van der Waals surface area contributed by atoms with E-state index in [1.54, 1.807) is 24.5 Å². The van der Waals surface area contributed by atoms with Crippen LogP contribution in [0.25, 0.3) is 0 Å². The number of anilines is 1. The van der Waals surface area contributed by atoms with Crippen LogP contribution in [0.4, 0.5) is 5.69 Å². The summed E-state index contributed by atoms with van der Waals surface area (Å²) in [6.07, 6.45) is 3.58. The van der Waals surface area contributed by atoms with Crippen molar-refractivity contribution in [3.05, 3.63) is 28.8 Å². The van der Waals surface area contributed by atoms with E-state index in [9.17, 15) is 9.00 Å². The van der Waals surface area contributed by atoms with Crippen LogP contribution in [-0.4, -0.2) is 29.5 Å². The predicted molar refractivity (Wildman–Crippen MR) is 90.7 cm³/mol. The maximum absolute atomic E-state index is 12.1. The average molecular weight is 351 g/mol. The average Bonchev–Trinajstić information content (AvgIpc) is 2.43. The number of piperidine rings is 1. The van der Waals surface area contributed by atoms with Gasteiger partial charge >= 0.3 is 0 Å². The summed E-state index contributed by atoms with van der Waals surface area (Å²) in [5, 5.41) is 6.72. The maximum atomic E-state index is 12.1. The highest BCUT2D eigenvalue weighted by atomic mass is 35.5. The monoisotopic (exact) mass is 350 g/mol. The molecule has 0 bridgehead atoms. The number of hydrogen-bond acceptors (Lipinski definition) is 3. The SMILES string of the molecule is CS(=O)Cc1cc(NC(=O)C2CCCNC2)ccc1Cl.Cl. The van der Waals surface area contributed by atoms with E-state index in [1.807, 2.05) is 0 Å². The first-order chi connectivity index (χ1) is 9.56. The Morgan fingerprint density at radius 1 is 1.52 bits per heavy atom. The third kappa shape index (κ3) is 5.58. The van der Waals surface area contributed by atoms with Gasteiger partial charge in [0.25, 0.3) is 0 Å². The van der Waals surface area contributed by atoms with Crippen molar-refractivity contribution < 1.29 is 9.00 Å². The van der Waals surface area contributed by atoms with E-state index in [-0.39, 0.29) is 24.2 Å². The lowest BCUT2D eigenvalue weighted by molar-refractivity contribution is -0.120. The van der Waals surface area contributed by atoms with E-state index in [4.69, 9.17) is 11.6 Å². The van der Waals surface area contributed by atoms with Gasteiger partial charge in [0, 0.05) is 40.1 Å². The normalized spacial score (nSPS) is 19.4. The first-order valence-electron chi connectivity index (χ1n) is 6.66. The molecule has 2 N–H and O–H groups in total. The van der Waals surface area contributed by atoms with Gasteiger partial charge in [0.15, 0.2) is 0 Å². The number of carbonyl (C=O) groups excluding carboxylic acids is 1. The molecular weight excluding hydrogens is 331 g/mol. The Labute approximate surface area is 138 Å². The van der Waals surface area contributed by atoms with Crippen molar-refractivity contribution in [2.45, 2.75) is 18.6 Å². The number of rotatable bonds is 4. The molecule has 0 spiro atoms. The van der Waals surface area contributed by atoms with Gasteiger partial charge in [-0.1, -0.05) is 11.6 Å². The number of nitrogens with one attached hydrogen (secondary N) is 2. The molecule has 1 heterocycles. The van der Waals surface area contributed by atoms with Gasteiger partial charge in [0.2, 0.25) is 5.91 Å². The summed E-state index contributed by atoms with van der Waals surface area (Å²) in [7, 11) is -0.959. The summed E-state index contributed by atoms with van der Waals surface area (Å²) in [4.78, 5) is 12.1. The number of amides is 1. The fraction of sp³-hybridized carbons (Fsp3) is 0.500. The molecule has 21 heavy (non-hydrogen) atoms. The van der Waals surface area contributed by atoms with Gasteiger partial charge in [-0.25, -0.2) is 0 Å². The Morgan fingerprint density at radius 2 is 2.29 bits per heavy atom. The van der Waals surface area contributed by atoms with Crippen LogP contribution in [0.5, 0.6) is 0 Å². The highest BCUT2D eigenvalue weighted by Crippen LogP contribution is 2.23. The largest absolute Gasteiger partial charge is 0.326 e. The summed E-state index contributed by atoms with van der Waals surface area (Å²) >= 11 is 6.07. The van der Waals surface area contributed by atoms with E-state index in [1.165, 1.54) is 0 Å². The van der Waals surface area contributed by atoms with Gasteiger partial charge in [0.05, 0.1) is 5.92 Å². The number of benzene rings is 1. The smallest absolute Gasteiger partial charge is 0.228 e. The molecule has 118 valence electrons. The highest BCUT2D eigenvalue weighted by Gasteiger charge is 2.21. The Kier molecular flexibility index (Phi) is 7.66. The van der Waals surface area contributed by atoms with Gasteiger partial charge in [-0.2, -0.15) is 0 Å². The van der Waals surface area contributed by atoms with Crippen LogP contribution in [0, 0.1) is 5.92 Å². The molecule has 1 aliphatic heterocycles. The molecule has 2 atom stereocenters. The van der Waals surface area contributed by atoms with Crippen molar-refractivity contribution >= 4 is 46.4 Å². The van der Waals surface area contributed by atoms with E-state index < -0.39 is 10.8 Å². The summed E-state index contributed by atoms with van der Waals surface area (Å²) in [5.74, 6) is 0.444. The lowest BCUT2D eigenvalue weighted by Gasteiger charge is -2.22. The Morgan fingerprint density at radius 3 is 2.90 bits per heavy atom. The van der Waals surface area contributed by atoms with Crippen molar-refractivity contribution in [1.29, 1.82) is 0 Å². The van der Waals surface area contributed by atoms with Crippen molar-refractivity contribution in [1.82, 2.24) is 5.32 Å². The zero-order chi connectivity index (χ0) is 14.5. The van der Waals surface area contributed by atoms with Crippen molar-refractivity contribution in [2.75, 3.05) is 24.7 Å². The molecule has 4 nitrogen and oxygen atoms in total. The van der Waals surface area contributed by atoms with Gasteiger partial charge in [0.1, 0.15) is 0 Å². The Bertz CT molecular complexity index is 520. The number of hydrogen-bond donors (Lipinski definition) is 2. The molecule has 0 radical (unpaired) electrons. The summed E-state index contributed by atoms with van der Waals surface area (Å²) in [6.45, 7) is 1.71. The molecule has 1 saturated heterocycles. The fourth-order valence-electron chi connectivity index (χ4n) is 2.30. The van der Waals surface area contributed by atoms with Gasteiger partial charge in [-0.15, -0.1) is 12.4 Å². The summed E-state index contributed by atoms with van der Waals surface area (Å²) in [6, 6.07) is 5.31. The predicted octanol–water partition coefficient (Wildman–Crippen LogP) is 2.58. The Hall–Kier alpha value is -0.620. The minimum Gasteiger partial charge on any atom is -0.326 e. The van der Waals surface area contributed by atoms with Crippen LogP contribution < -0.4 is 10.6 Å². The Balaban J connectivity index is 0.00000220. The van der Waals surface area contributed by atoms with Crippen LogP contribution in [0.1, 0.15) is 18.4 Å². The van der Waals surface area contributed by atoms with Crippen molar-refractivity contribution in [3.63, 3.8) is 0 Å². The minimum atomic E-state index is -0.959. The topological polar surface area (TPSA) is 58.2 Å². The van der Waals surface area contributed by atoms with E-state index in [2.05, 4.69) is 10.6 Å². The van der Waals surface area contributed by atoms with Crippen LogP contribution in [0.15, 0.2) is 18.2 Å². The molecule has 1 aliphatic rings. The third-order valence-electron chi connectivity index (χ3n) is 3.34. The lowest BCUT2D eigenvalue weighted by atomic mass is 9.99. The minimum absolute atomic E-state index is 0. The van der Waals surface area contributed by atoms with E-state index in [0.717, 1.165) is 31.5 Å². The molecule has 1 amide bonds. The molecule has 1 aromatic rings. The second-order valence-electron chi connectivity index (χ2n) is 5.06. The van der Waals surface area contributed by atoms with Gasteiger partial charge in [-0.05, 0) is 43.1 Å². The van der Waals surface area contributed by atoms with E-state index in [0.29, 0.717) is 16.5 Å². The molecule has 0 saturated carbocycles. The van der Waals surface area contributed by atoms with Crippen molar-refractivity contribution in [2.24, 2.45) is 5.92 Å². The molecule has 2 unspecified atom stereocenters. The molecule has 1 fully saturated rings. The van der Waals surface area contributed by atoms with Crippen LogP contribution >= 0.6 is 24.0 Å². The fourth-order valence-corrected chi connectivity index (χ4v) is 3.24. The second kappa shape index (κ2) is 8.73.